The predicted octanol–water partition coefficient (Wildman–Crippen LogP) is 7.96. The zero-order valence-electron chi connectivity index (χ0n) is 16.5. The summed E-state index contributed by atoms with van der Waals surface area (Å²) in [7, 11) is 0. The van der Waals surface area contributed by atoms with Crippen LogP contribution in [0.25, 0.3) is 55.8 Å². The van der Waals surface area contributed by atoms with E-state index in [4.69, 9.17) is 21.0 Å². The van der Waals surface area contributed by atoms with Crippen molar-refractivity contribution in [3.63, 3.8) is 0 Å². The molecule has 2 heterocycles. The third-order valence-corrected chi connectivity index (χ3v) is 5.77. The Labute approximate surface area is 183 Å². The number of hydrogen-bond acceptors (Lipinski definition) is 2. The highest BCUT2D eigenvalue weighted by atomic mass is 35.5. The van der Waals surface area contributed by atoms with Crippen LogP contribution in [0, 0.1) is 0 Å². The van der Waals surface area contributed by atoms with Gasteiger partial charge >= 0.3 is 0 Å². The van der Waals surface area contributed by atoms with Crippen LogP contribution >= 0.6 is 11.6 Å². The van der Waals surface area contributed by atoms with Gasteiger partial charge in [0, 0.05) is 27.1 Å². The normalized spacial score (nSPS) is 11.4. The molecule has 4 aromatic carbocycles. The fraction of sp³-hybridized carbons (Fsp3) is 0. The minimum absolute atomic E-state index is 0.709. The molecule has 6 aromatic rings. The van der Waals surface area contributed by atoms with Gasteiger partial charge in [-0.1, -0.05) is 66.2 Å². The van der Waals surface area contributed by atoms with Crippen LogP contribution in [0.3, 0.4) is 0 Å². The van der Waals surface area contributed by atoms with Crippen molar-refractivity contribution in [1.29, 1.82) is 0 Å². The number of aromatic amines is 1. The molecule has 0 aliphatic rings. The molecular weight excluding hydrogens is 404 g/mol. The number of imidazole rings is 1. The average Bonchev–Trinajstić information content (AvgIpc) is 3.41. The Balaban J connectivity index is 1.61. The first-order valence-electron chi connectivity index (χ1n) is 10.1. The van der Waals surface area contributed by atoms with E-state index in [1.165, 1.54) is 0 Å². The van der Waals surface area contributed by atoms with Gasteiger partial charge in [-0.15, -0.1) is 0 Å². The first-order chi connectivity index (χ1) is 15.3. The Kier molecular flexibility index (Phi) is 4.15. The quantitative estimate of drug-likeness (QED) is 0.315. The molecule has 2 aromatic heterocycles. The maximum absolute atomic E-state index is 6.36. The number of rotatable bonds is 3. The topological polar surface area (TPSA) is 41.8 Å². The lowest BCUT2D eigenvalue weighted by molar-refractivity contribution is 0.632. The predicted molar refractivity (Wildman–Crippen MR) is 127 cm³/mol. The molecule has 0 aliphatic heterocycles. The van der Waals surface area contributed by atoms with Crippen LogP contribution in [0.15, 0.2) is 101 Å². The van der Waals surface area contributed by atoms with Gasteiger partial charge in [0.2, 0.25) is 0 Å². The number of nitrogens with zero attached hydrogens (tertiary/aromatic N) is 1. The molecule has 31 heavy (non-hydrogen) atoms. The van der Waals surface area contributed by atoms with Crippen molar-refractivity contribution >= 4 is 33.6 Å². The fourth-order valence-corrected chi connectivity index (χ4v) is 4.16. The molecule has 3 nitrogen and oxygen atoms in total. The highest BCUT2D eigenvalue weighted by Gasteiger charge is 2.19. The van der Waals surface area contributed by atoms with Gasteiger partial charge in [-0.3, -0.25) is 0 Å². The Bertz CT molecular complexity index is 1500. The van der Waals surface area contributed by atoms with E-state index >= 15 is 0 Å². The minimum Gasteiger partial charge on any atom is -0.455 e. The third-order valence-electron chi connectivity index (χ3n) is 5.52. The van der Waals surface area contributed by atoms with Gasteiger partial charge in [0.05, 0.1) is 11.0 Å². The molecular formula is C27H17ClN2O. The molecule has 0 fully saturated rings. The molecule has 0 saturated carbocycles. The molecule has 0 atom stereocenters. The summed E-state index contributed by atoms with van der Waals surface area (Å²) in [6, 6.07) is 32.3. The molecule has 1 N–H and O–H groups in total. The largest absolute Gasteiger partial charge is 0.455 e. The van der Waals surface area contributed by atoms with Gasteiger partial charge in [-0.05, 0) is 48.0 Å². The molecule has 0 aliphatic carbocycles. The lowest BCUT2D eigenvalue weighted by atomic mass is 9.97. The minimum atomic E-state index is 0.709. The zero-order chi connectivity index (χ0) is 20.8. The van der Waals surface area contributed by atoms with E-state index in [0.29, 0.717) is 5.02 Å². The summed E-state index contributed by atoms with van der Waals surface area (Å²) in [5.74, 6) is 1.69. The lowest BCUT2D eigenvalue weighted by Crippen LogP contribution is -1.83. The van der Waals surface area contributed by atoms with E-state index in [2.05, 4.69) is 23.2 Å². The van der Waals surface area contributed by atoms with Gasteiger partial charge in [-0.25, -0.2) is 4.98 Å². The monoisotopic (exact) mass is 420 g/mol. The zero-order valence-corrected chi connectivity index (χ0v) is 17.2. The van der Waals surface area contributed by atoms with E-state index in [1.54, 1.807) is 0 Å². The summed E-state index contributed by atoms with van der Waals surface area (Å²) in [6.07, 6.45) is 0. The molecule has 148 valence electrons. The van der Waals surface area contributed by atoms with Crippen LogP contribution in [0.2, 0.25) is 5.02 Å². The molecule has 0 radical (unpaired) electrons. The molecule has 0 unspecified atom stereocenters. The van der Waals surface area contributed by atoms with Crippen LogP contribution in [0.4, 0.5) is 0 Å². The Morgan fingerprint density at radius 2 is 1.45 bits per heavy atom. The summed E-state index contributed by atoms with van der Waals surface area (Å²) in [4.78, 5) is 8.19. The first kappa shape index (κ1) is 18.0. The fourth-order valence-electron chi connectivity index (χ4n) is 4.03. The van der Waals surface area contributed by atoms with Crippen LogP contribution in [-0.4, -0.2) is 9.97 Å². The first-order valence-corrected chi connectivity index (χ1v) is 10.5. The number of furan rings is 1. The van der Waals surface area contributed by atoms with Crippen molar-refractivity contribution in [2.24, 2.45) is 0 Å². The molecule has 0 bridgehead atoms. The van der Waals surface area contributed by atoms with Crippen molar-refractivity contribution in [2.75, 3.05) is 0 Å². The summed E-state index contributed by atoms with van der Waals surface area (Å²) >= 11 is 6.16. The number of halogens is 1. The molecule has 6 rings (SSSR count). The third kappa shape index (κ3) is 3.11. The van der Waals surface area contributed by atoms with Crippen molar-refractivity contribution in [3.8, 4) is 33.8 Å². The highest BCUT2D eigenvalue weighted by molar-refractivity contribution is 6.30. The maximum atomic E-state index is 6.36. The summed E-state index contributed by atoms with van der Waals surface area (Å²) in [5, 5.41) is 1.75. The van der Waals surface area contributed by atoms with Crippen LogP contribution < -0.4 is 0 Å². The average molecular weight is 421 g/mol. The van der Waals surface area contributed by atoms with Crippen molar-refractivity contribution in [2.45, 2.75) is 0 Å². The number of fused-ring (bicyclic) bond motifs is 2. The Morgan fingerprint density at radius 3 is 2.26 bits per heavy atom. The Morgan fingerprint density at radius 1 is 0.710 bits per heavy atom. The summed E-state index contributed by atoms with van der Waals surface area (Å²) in [5.41, 5.74) is 6.97. The molecule has 0 spiro atoms. The summed E-state index contributed by atoms with van der Waals surface area (Å²) < 4.78 is 6.36. The number of hydrogen-bond donors (Lipinski definition) is 1. The smallest absolute Gasteiger partial charge is 0.143 e. The SMILES string of the molecule is Clc1ccc(-c2c(-c3ccccc3)oc3ccc(-c4nc5ccccc5[nH]4)cc23)cc1. The molecule has 0 amide bonds. The van der Waals surface area contributed by atoms with Gasteiger partial charge in [0.15, 0.2) is 0 Å². The maximum Gasteiger partial charge on any atom is 0.143 e. The molecule has 4 heteroatoms. The molecule has 0 saturated heterocycles. The second kappa shape index (κ2) is 7.15. The number of H-pyrrole nitrogens is 1. The van der Waals surface area contributed by atoms with Gasteiger partial charge in [0.1, 0.15) is 17.2 Å². The van der Waals surface area contributed by atoms with Crippen molar-refractivity contribution < 1.29 is 4.42 Å². The number of aromatic nitrogens is 2. The lowest BCUT2D eigenvalue weighted by Gasteiger charge is -2.05. The van der Waals surface area contributed by atoms with E-state index in [9.17, 15) is 0 Å². The number of nitrogens with one attached hydrogen (secondary N) is 1. The van der Waals surface area contributed by atoms with Gasteiger partial charge < -0.3 is 9.40 Å². The number of benzene rings is 4. The van der Waals surface area contributed by atoms with E-state index in [-0.39, 0.29) is 0 Å². The second-order valence-corrected chi connectivity index (χ2v) is 7.93. The number of para-hydroxylation sites is 2. The van der Waals surface area contributed by atoms with Gasteiger partial charge in [0.25, 0.3) is 0 Å². The standard InChI is InChI=1S/C27H17ClN2O/c28-20-13-10-17(11-14-20)25-21-16-19(27-29-22-8-4-5-9-23(22)30-27)12-15-24(21)31-26(25)18-6-2-1-3-7-18/h1-16H,(H,29,30). The van der Waals surface area contributed by atoms with Crippen LogP contribution in [0.5, 0.6) is 0 Å². The Hall–Kier alpha value is -3.82. The van der Waals surface area contributed by atoms with E-state index in [1.807, 2.05) is 78.9 Å². The second-order valence-electron chi connectivity index (χ2n) is 7.49. The van der Waals surface area contributed by atoms with E-state index in [0.717, 1.165) is 55.8 Å². The van der Waals surface area contributed by atoms with Crippen molar-refractivity contribution in [3.05, 3.63) is 102 Å². The highest BCUT2D eigenvalue weighted by Crippen LogP contribution is 2.42. The van der Waals surface area contributed by atoms with Crippen LogP contribution in [0.1, 0.15) is 0 Å². The summed E-state index contributed by atoms with van der Waals surface area (Å²) in [6.45, 7) is 0. The van der Waals surface area contributed by atoms with Gasteiger partial charge in [-0.2, -0.15) is 0 Å². The van der Waals surface area contributed by atoms with Crippen molar-refractivity contribution in [1.82, 2.24) is 9.97 Å². The van der Waals surface area contributed by atoms with E-state index < -0.39 is 0 Å². The van der Waals surface area contributed by atoms with Crippen LogP contribution in [-0.2, 0) is 0 Å².